The van der Waals surface area contributed by atoms with E-state index in [0.29, 0.717) is 34.7 Å². The molecule has 1 aliphatic rings. The summed E-state index contributed by atoms with van der Waals surface area (Å²) < 4.78 is 8.14. The van der Waals surface area contributed by atoms with Gasteiger partial charge in [-0.25, -0.2) is 4.79 Å². The number of benzene rings is 1. The van der Waals surface area contributed by atoms with Gasteiger partial charge in [0.2, 0.25) is 5.91 Å². The molecule has 0 unspecified atom stereocenters. The zero-order chi connectivity index (χ0) is 23.4. The first-order valence-electron chi connectivity index (χ1n) is 10.6. The molecule has 0 atom stereocenters. The molecule has 0 saturated carbocycles. The predicted molar refractivity (Wildman–Crippen MR) is 135 cm³/mol. The van der Waals surface area contributed by atoms with Crippen molar-refractivity contribution in [2.75, 3.05) is 17.7 Å². The monoisotopic (exact) mass is 546 g/mol. The van der Waals surface area contributed by atoms with Gasteiger partial charge in [0.05, 0.1) is 17.9 Å². The zero-order valence-electron chi connectivity index (χ0n) is 18.1. The van der Waals surface area contributed by atoms with Crippen molar-refractivity contribution in [1.82, 2.24) is 14.8 Å². The number of nitrogens with zero attached hydrogens (tertiary/aromatic N) is 3. The molecule has 2 heterocycles. The Morgan fingerprint density at radius 3 is 2.82 bits per heavy atom. The van der Waals surface area contributed by atoms with Crippen LogP contribution >= 0.6 is 39.0 Å². The highest BCUT2D eigenvalue weighted by molar-refractivity contribution is 9.10. The van der Waals surface area contributed by atoms with E-state index >= 15 is 0 Å². The number of carbonyl (C=O) groups is 2. The fraction of sp³-hybridized carbons (Fsp3) is 0.304. The van der Waals surface area contributed by atoms with Gasteiger partial charge in [0.25, 0.3) is 0 Å². The molecule has 0 saturated heterocycles. The first kappa shape index (κ1) is 23.7. The van der Waals surface area contributed by atoms with Crippen LogP contribution in [0.25, 0.3) is 11.4 Å². The van der Waals surface area contributed by atoms with Crippen LogP contribution in [0.3, 0.4) is 0 Å². The number of amides is 1. The van der Waals surface area contributed by atoms with Gasteiger partial charge >= 0.3 is 5.97 Å². The second kappa shape index (κ2) is 10.7. The number of nitrogens with one attached hydrogen (secondary N) is 1. The minimum atomic E-state index is -0.371. The smallest absolute Gasteiger partial charge is 0.341 e. The molecule has 1 aromatic carbocycles. The van der Waals surface area contributed by atoms with Gasteiger partial charge in [-0.15, -0.1) is 28.1 Å². The Hall–Kier alpha value is -2.43. The molecule has 0 spiro atoms. The number of aryl methyl sites for hydroxylation is 1. The van der Waals surface area contributed by atoms with E-state index in [9.17, 15) is 9.59 Å². The van der Waals surface area contributed by atoms with E-state index in [0.717, 1.165) is 39.7 Å². The molecule has 0 radical (unpaired) electrons. The first-order valence-corrected chi connectivity index (χ1v) is 13.2. The highest BCUT2D eigenvalue weighted by Gasteiger charge is 2.28. The minimum Gasteiger partial charge on any atom is -0.462 e. The fourth-order valence-corrected chi connectivity index (χ4v) is 6.01. The van der Waals surface area contributed by atoms with Gasteiger partial charge in [0.1, 0.15) is 5.00 Å². The van der Waals surface area contributed by atoms with Crippen LogP contribution in [0.5, 0.6) is 0 Å². The van der Waals surface area contributed by atoms with E-state index in [1.807, 2.05) is 28.8 Å². The fourth-order valence-electron chi connectivity index (χ4n) is 3.71. The zero-order valence-corrected chi connectivity index (χ0v) is 21.3. The number of ether oxygens (including phenoxy) is 1. The van der Waals surface area contributed by atoms with Gasteiger partial charge in [-0.1, -0.05) is 45.9 Å². The summed E-state index contributed by atoms with van der Waals surface area (Å²) in [5.74, 6) is 0.276. The molecule has 172 valence electrons. The molecule has 10 heteroatoms. The molecule has 0 fully saturated rings. The summed E-state index contributed by atoms with van der Waals surface area (Å²) in [6.45, 7) is 6.43. The molecular weight excluding hydrogens is 524 g/mol. The largest absolute Gasteiger partial charge is 0.462 e. The summed E-state index contributed by atoms with van der Waals surface area (Å²) in [6.07, 6.45) is 4.57. The third-order valence-corrected chi connectivity index (χ3v) is 7.82. The number of fused-ring (bicyclic) bond motifs is 1. The van der Waals surface area contributed by atoms with Crippen molar-refractivity contribution in [3.63, 3.8) is 0 Å². The molecule has 2 aromatic heterocycles. The number of allylic oxidation sites excluding steroid dienone is 1. The van der Waals surface area contributed by atoms with Crippen molar-refractivity contribution < 1.29 is 14.3 Å². The number of esters is 1. The first-order chi connectivity index (χ1) is 16.0. The molecule has 3 aromatic rings. The third kappa shape index (κ3) is 5.23. The number of hydrogen-bond donors (Lipinski definition) is 1. The van der Waals surface area contributed by atoms with Crippen LogP contribution in [0, 0.1) is 0 Å². The van der Waals surface area contributed by atoms with E-state index in [4.69, 9.17) is 4.74 Å². The SMILES string of the molecule is C=CCn1c(SCC(=O)Nc2sc3c(c2C(=O)OCC)CCC3)nnc1-c1ccc(Br)cc1. The van der Waals surface area contributed by atoms with Crippen molar-refractivity contribution >= 4 is 55.9 Å². The standard InChI is InChI=1S/C23H23BrN4O3S2/c1-3-12-28-20(14-8-10-15(24)11-9-14)26-27-23(28)32-13-18(29)25-21-19(22(30)31-4-2)16-6-5-7-17(16)33-21/h3,8-11H,1,4-7,12-13H2,2H3,(H,25,29). The summed E-state index contributed by atoms with van der Waals surface area (Å²) in [6, 6.07) is 7.81. The highest BCUT2D eigenvalue weighted by Crippen LogP contribution is 2.39. The summed E-state index contributed by atoms with van der Waals surface area (Å²) in [7, 11) is 0. The third-order valence-electron chi connectivity index (χ3n) is 5.12. The van der Waals surface area contributed by atoms with Crippen LogP contribution in [-0.2, 0) is 28.9 Å². The average molecular weight is 548 g/mol. The maximum atomic E-state index is 12.8. The summed E-state index contributed by atoms with van der Waals surface area (Å²) in [5, 5.41) is 12.7. The highest BCUT2D eigenvalue weighted by atomic mass is 79.9. The lowest BCUT2D eigenvalue weighted by Crippen LogP contribution is -2.17. The Labute approximate surface area is 208 Å². The Kier molecular flexibility index (Phi) is 7.67. The Morgan fingerprint density at radius 1 is 1.30 bits per heavy atom. The maximum Gasteiger partial charge on any atom is 0.341 e. The number of thioether (sulfide) groups is 1. The number of halogens is 1. The number of carbonyl (C=O) groups excluding carboxylic acids is 2. The lowest BCUT2D eigenvalue weighted by atomic mass is 10.1. The summed E-state index contributed by atoms with van der Waals surface area (Å²) in [5.41, 5.74) is 2.46. The quantitative estimate of drug-likeness (QED) is 0.221. The number of anilines is 1. The molecule has 1 aliphatic carbocycles. The van der Waals surface area contributed by atoms with Gasteiger partial charge in [0.15, 0.2) is 11.0 Å². The van der Waals surface area contributed by atoms with Crippen molar-refractivity contribution in [3.8, 4) is 11.4 Å². The molecule has 7 nitrogen and oxygen atoms in total. The second-order valence-electron chi connectivity index (χ2n) is 7.33. The van der Waals surface area contributed by atoms with Crippen molar-refractivity contribution in [3.05, 3.63) is 57.4 Å². The van der Waals surface area contributed by atoms with Crippen LogP contribution in [0.4, 0.5) is 5.00 Å². The predicted octanol–water partition coefficient (Wildman–Crippen LogP) is 5.35. The number of aromatic nitrogens is 3. The number of thiophene rings is 1. The lowest BCUT2D eigenvalue weighted by Gasteiger charge is -2.09. The van der Waals surface area contributed by atoms with Crippen molar-refractivity contribution in [2.24, 2.45) is 0 Å². The number of hydrogen-bond acceptors (Lipinski definition) is 7. The van der Waals surface area contributed by atoms with Crippen molar-refractivity contribution in [2.45, 2.75) is 37.9 Å². The summed E-state index contributed by atoms with van der Waals surface area (Å²) >= 11 is 6.21. The normalized spacial score (nSPS) is 12.4. The van der Waals surface area contributed by atoms with Gasteiger partial charge in [-0.05, 0) is 43.9 Å². The van der Waals surface area contributed by atoms with Crippen LogP contribution in [0.15, 0.2) is 46.5 Å². The molecule has 4 rings (SSSR count). The van der Waals surface area contributed by atoms with Crippen LogP contribution in [-0.4, -0.2) is 39.0 Å². The number of rotatable bonds is 9. The minimum absolute atomic E-state index is 0.139. The van der Waals surface area contributed by atoms with Gasteiger partial charge in [0, 0.05) is 21.5 Å². The van der Waals surface area contributed by atoms with E-state index in [2.05, 4.69) is 38.0 Å². The molecule has 0 bridgehead atoms. The van der Waals surface area contributed by atoms with Gasteiger partial charge < -0.3 is 10.1 Å². The van der Waals surface area contributed by atoms with Crippen LogP contribution < -0.4 is 5.32 Å². The maximum absolute atomic E-state index is 12.8. The topological polar surface area (TPSA) is 86.1 Å². The van der Waals surface area contributed by atoms with E-state index in [1.54, 1.807) is 13.0 Å². The summed E-state index contributed by atoms with van der Waals surface area (Å²) in [4.78, 5) is 26.4. The molecular formula is C23H23BrN4O3S2. The van der Waals surface area contributed by atoms with E-state index in [1.165, 1.54) is 23.1 Å². The second-order valence-corrected chi connectivity index (χ2v) is 10.3. The molecule has 33 heavy (non-hydrogen) atoms. The molecule has 1 amide bonds. The average Bonchev–Trinajstić information content (AvgIpc) is 3.48. The molecule has 0 aliphatic heterocycles. The van der Waals surface area contributed by atoms with Crippen LogP contribution in [0.2, 0.25) is 0 Å². The van der Waals surface area contributed by atoms with Crippen molar-refractivity contribution in [1.29, 1.82) is 0 Å². The molecule has 1 N–H and O–H groups in total. The van der Waals surface area contributed by atoms with E-state index in [-0.39, 0.29) is 17.6 Å². The Bertz CT molecular complexity index is 1190. The van der Waals surface area contributed by atoms with E-state index < -0.39 is 0 Å². The van der Waals surface area contributed by atoms with Gasteiger partial charge in [-0.2, -0.15) is 0 Å². The van der Waals surface area contributed by atoms with Gasteiger partial charge in [-0.3, -0.25) is 9.36 Å². The Morgan fingerprint density at radius 2 is 2.09 bits per heavy atom. The lowest BCUT2D eigenvalue weighted by molar-refractivity contribution is -0.113. The Balaban J connectivity index is 1.48. The van der Waals surface area contributed by atoms with Crippen LogP contribution in [0.1, 0.15) is 34.1 Å².